The second-order valence-corrected chi connectivity index (χ2v) is 15.0. The van der Waals surface area contributed by atoms with Crippen LogP contribution >= 0.6 is 0 Å². The maximum absolute atomic E-state index is 16.1. The van der Waals surface area contributed by atoms with Crippen molar-refractivity contribution in [1.29, 1.82) is 0 Å². The zero-order chi connectivity index (χ0) is 31.9. The fourth-order valence-corrected chi connectivity index (χ4v) is 9.74. The van der Waals surface area contributed by atoms with E-state index in [-0.39, 0.29) is 29.9 Å². The maximum atomic E-state index is 16.1. The van der Waals surface area contributed by atoms with E-state index < -0.39 is 35.7 Å². The summed E-state index contributed by atoms with van der Waals surface area (Å²) < 4.78 is 79.6. The minimum Gasteiger partial charge on any atom is -0.508 e. The lowest BCUT2D eigenvalue weighted by molar-refractivity contribution is -0.284. The van der Waals surface area contributed by atoms with E-state index in [2.05, 4.69) is 11.8 Å². The quantitative estimate of drug-likeness (QED) is 0.179. The predicted octanol–water partition coefficient (Wildman–Crippen LogP) is 9.35. The highest BCUT2D eigenvalue weighted by molar-refractivity contribution is 5.41. The standard InChI is InChI=1S/C35H51F6NO2/c1-32-22-29(36)31-27-14-13-26(43)21-24(27)20-23(30(31)28(32)15-17-33(32,2)44)10-5-4-8-18-42-19-9-12-25(42)11-6-3-7-16-34(37,38)35(39,40)41/h13-14,21,23,25,28-31,43-44H,3-12,15-20,22H2,1-2H3/t23?,25-,28?,29+,30+,31?,32+,33+/m1/s1. The van der Waals surface area contributed by atoms with E-state index in [1.54, 1.807) is 6.07 Å². The van der Waals surface area contributed by atoms with Crippen LogP contribution in [0.4, 0.5) is 26.3 Å². The third-order valence-corrected chi connectivity index (χ3v) is 12.4. The Balaban J connectivity index is 1.12. The normalized spacial score (nSPS) is 35.8. The van der Waals surface area contributed by atoms with Gasteiger partial charge in [0, 0.05) is 23.8 Å². The molecule has 4 aliphatic rings. The molecule has 1 saturated heterocycles. The van der Waals surface area contributed by atoms with Gasteiger partial charge in [-0.1, -0.05) is 38.7 Å². The second kappa shape index (κ2) is 13.0. The van der Waals surface area contributed by atoms with Crippen LogP contribution in [-0.4, -0.2) is 58.1 Å². The average molecular weight is 632 g/mol. The molecule has 8 atom stereocenters. The Labute approximate surface area is 258 Å². The highest BCUT2D eigenvalue weighted by Gasteiger charge is 2.63. The molecule has 1 aromatic rings. The number of hydrogen-bond donors (Lipinski definition) is 2. The van der Waals surface area contributed by atoms with Gasteiger partial charge in [-0.25, -0.2) is 4.39 Å². The van der Waals surface area contributed by atoms with Crippen molar-refractivity contribution >= 4 is 0 Å². The molecule has 1 aliphatic heterocycles. The summed E-state index contributed by atoms with van der Waals surface area (Å²) in [7, 11) is 0. The molecule has 0 aromatic heterocycles. The van der Waals surface area contributed by atoms with Gasteiger partial charge in [0.25, 0.3) is 0 Å². The number of benzene rings is 1. The van der Waals surface area contributed by atoms with Crippen LogP contribution in [-0.2, 0) is 6.42 Å². The van der Waals surface area contributed by atoms with Crippen LogP contribution < -0.4 is 0 Å². The first-order valence-corrected chi connectivity index (χ1v) is 17.0. The molecule has 3 unspecified atom stereocenters. The number of nitrogens with zero attached hydrogens (tertiary/aromatic N) is 1. The lowest BCUT2D eigenvalue weighted by Crippen LogP contribution is -2.54. The zero-order valence-electron chi connectivity index (χ0n) is 26.3. The van der Waals surface area contributed by atoms with E-state index >= 15 is 4.39 Å². The smallest absolute Gasteiger partial charge is 0.453 e. The molecule has 3 nitrogen and oxygen atoms in total. The second-order valence-electron chi connectivity index (χ2n) is 15.0. The summed E-state index contributed by atoms with van der Waals surface area (Å²) in [5, 5.41) is 21.5. The number of hydrogen-bond acceptors (Lipinski definition) is 3. The van der Waals surface area contributed by atoms with Crippen LogP contribution in [0.2, 0.25) is 0 Å². The van der Waals surface area contributed by atoms with Crippen LogP contribution in [0, 0.1) is 23.2 Å². The number of alkyl halides is 6. The largest absolute Gasteiger partial charge is 0.508 e. The van der Waals surface area contributed by atoms with Crippen molar-refractivity contribution < 1.29 is 36.6 Å². The van der Waals surface area contributed by atoms with Crippen LogP contribution in [0.3, 0.4) is 0 Å². The molecule has 1 aromatic carbocycles. The summed E-state index contributed by atoms with van der Waals surface area (Å²) in [6.07, 6.45) is 3.21. The van der Waals surface area contributed by atoms with Crippen LogP contribution in [0.25, 0.3) is 0 Å². The highest BCUT2D eigenvalue weighted by Crippen LogP contribution is 2.66. The number of halogens is 6. The van der Waals surface area contributed by atoms with Gasteiger partial charge >= 0.3 is 12.1 Å². The molecule has 1 heterocycles. The molecule has 2 N–H and O–H groups in total. The summed E-state index contributed by atoms with van der Waals surface area (Å²) in [5.41, 5.74) is 0.797. The predicted molar refractivity (Wildman–Crippen MR) is 160 cm³/mol. The van der Waals surface area contributed by atoms with Crippen molar-refractivity contribution in [3.8, 4) is 5.75 Å². The minimum atomic E-state index is -5.47. The molecule has 44 heavy (non-hydrogen) atoms. The number of unbranched alkanes of at least 4 members (excludes halogenated alkanes) is 4. The topological polar surface area (TPSA) is 43.7 Å². The summed E-state index contributed by atoms with van der Waals surface area (Å²) in [5.74, 6) is -3.83. The Hall–Kier alpha value is -1.48. The SMILES string of the molecule is C[C@]1(O)CCC2[C@@H]3C(CCCCCN4CCC[C@H]4CCCCCC(F)(F)C(F)(F)F)Cc4cc(O)ccc4C3[C@@H](F)C[C@@]21C. The van der Waals surface area contributed by atoms with Crippen molar-refractivity contribution in [2.24, 2.45) is 23.2 Å². The van der Waals surface area contributed by atoms with Gasteiger partial charge in [0.15, 0.2) is 0 Å². The van der Waals surface area contributed by atoms with Crippen LogP contribution in [0.5, 0.6) is 5.75 Å². The molecule has 0 amide bonds. The van der Waals surface area contributed by atoms with E-state index in [9.17, 15) is 32.2 Å². The first-order valence-electron chi connectivity index (χ1n) is 17.0. The van der Waals surface area contributed by atoms with Crippen molar-refractivity contribution in [3.63, 3.8) is 0 Å². The van der Waals surface area contributed by atoms with E-state index in [0.29, 0.717) is 37.6 Å². The molecule has 250 valence electrons. The van der Waals surface area contributed by atoms with Crippen LogP contribution in [0.15, 0.2) is 18.2 Å². The fraction of sp³-hybridized carbons (Fsp3) is 0.829. The summed E-state index contributed by atoms with van der Waals surface area (Å²) >= 11 is 0. The van der Waals surface area contributed by atoms with Crippen molar-refractivity contribution in [2.45, 2.75) is 146 Å². The number of phenolic OH excluding ortho intramolecular Hbond substituents is 1. The third-order valence-electron chi connectivity index (χ3n) is 12.4. The Bertz CT molecular complexity index is 1120. The maximum Gasteiger partial charge on any atom is 0.453 e. The molecule has 9 heteroatoms. The molecular formula is C35H51F6NO2. The number of aromatic hydroxyl groups is 1. The number of phenols is 1. The monoisotopic (exact) mass is 631 g/mol. The molecule has 2 saturated carbocycles. The molecule has 0 radical (unpaired) electrons. The van der Waals surface area contributed by atoms with Gasteiger partial charge < -0.3 is 15.1 Å². The van der Waals surface area contributed by atoms with Gasteiger partial charge in [-0.2, -0.15) is 22.0 Å². The molecule has 0 spiro atoms. The van der Waals surface area contributed by atoms with E-state index in [1.807, 2.05) is 19.1 Å². The molecule has 3 fully saturated rings. The average Bonchev–Trinajstić information content (AvgIpc) is 3.47. The molecule has 5 rings (SSSR count). The highest BCUT2D eigenvalue weighted by atomic mass is 19.4. The summed E-state index contributed by atoms with van der Waals surface area (Å²) in [6.45, 7) is 5.95. The van der Waals surface area contributed by atoms with Gasteiger partial charge in [-0.15, -0.1) is 0 Å². The molecular weight excluding hydrogens is 580 g/mol. The molecule has 3 aliphatic carbocycles. The van der Waals surface area contributed by atoms with E-state index in [0.717, 1.165) is 82.0 Å². The van der Waals surface area contributed by atoms with Gasteiger partial charge in [0.2, 0.25) is 0 Å². The summed E-state index contributed by atoms with van der Waals surface area (Å²) in [6, 6.07) is 5.79. The molecule has 0 bridgehead atoms. The van der Waals surface area contributed by atoms with Gasteiger partial charge in [-0.3, -0.25) is 0 Å². The number of likely N-dealkylation sites (tertiary alicyclic amines) is 1. The first-order chi connectivity index (χ1) is 20.6. The minimum absolute atomic E-state index is 0.118. The van der Waals surface area contributed by atoms with Crippen molar-refractivity contribution in [1.82, 2.24) is 4.90 Å². The number of fused-ring (bicyclic) bond motifs is 5. The van der Waals surface area contributed by atoms with Gasteiger partial charge in [0.05, 0.1) is 5.60 Å². The van der Waals surface area contributed by atoms with Crippen molar-refractivity contribution in [2.75, 3.05) is 13.1 Å². The van der Waals surface area contributed by atoms with Crippen molar-refractivity contribution in [3.05, 3.63) is 29.3 Å². The first kappa shape index (κ1) is 33.9. The Morgan fingerprint density at radius 3 is 2.43 bits per heavy atom. The van der Waals surface area contributed by atoms with Gasteiger partial charge in [0.1, 0.15) is 11.9 Å². The Morgan fingerprint density at radius 1 is 0.955 bits per heavy atom. The Kier molecular flexibility index (Phi) is 9.98. The van der Waals surface area contributed by atoms with Crippen LogP contribution in [0.1, 0.15) is 121 Å². The summed E-state index contributed by atoms with van der Waals surface area (Å²) in [4.78, 5) is 2.46. The lowest BCUT2D eigenvalue weighted by Gasteiger charge is -2.56. The number of rotatable bonds is 12. The van der Waals surface area contributed by atoms with Gasteiger partial charge in [-0.05, 0) is 125 Å². The third kappa shape index (κ3) is 6.65. The Morgan fingerprint density at radius 2 is 1.68 bits per heavy atom. The lowest BCUT2D eigenvalue weighted by atomic mass is 9.50. The van der Waals surface area contributed by atoms with E-state index in [1.165, 1.54) is 0 Å². The number of aliphatic hydroxyl groups is 1. The zero-order valence-corrected chi connectivity index (χ0v) is 26.3. The fourth-order valence-electron chi connectivity index (χ4n) is 9.74. The van der Waals surface area contributed by atoms with E-state index in [4.69, 9.17) is 0 Å².